The second-order valence-electron chi connectivity index (χ2n) is 4.32. The first kappa shape index (κ1) is 13.4. The molecule has 0 amide bonds. The van der Waals surface area contributed by atoms with E-state index in [1.54, 1.807) is 0 Å². The molecule has 0 aliphatic heterocycles. The standard InChI is InChI=1S/C10H19NO4S/c12-10(13)6-7-16(14,15)11-8-9-4-2-1-3-5-9/h9,11H,1-8H2,(H,12,13). The van der Waals surface area contributed by atoms with Crippen LogP contribution in [0.4, 0.5) is 0 Å². The molecule has 1 rings (SSSR count). The van der Waals surface area contributed by atoms with Crippen LogP contribution in [0.5, 0.6) is 0 Å². The smallest absolute Gasteiger partial charge is 0.304 e. The van der Waals surface area contributed by atoms with Crippen LogP contribution in [0.2, 0.25) is 0 Å². The van der Waals surface area contributed by atoms with Crippen LogP contribution in [0.3, 0.4) is 0 Å². The Balaban J connectivity index is 2.26. The quantitative estimate of drug-likeness (QED) is 0.734. The Bertz CT molecular complexity index is 320. The molecule has 0 spiro atoms. The van der Waals surface area contributed by atoms with Crippen LogP contribution in [0, 0.1) is 5.92 Å². The predicted octanol–water partition coefficient (Wildman–Crippen LogP) is 0.961. The van der Waals surface area contributed by atoms with Gasteiger partial charge in [-0.15, -0.1) is 0 Å². The number of carbonyl (C=O) groups is 1. The van der Waals surface area contributed by atoms with E-state index in [-0.39, 0.29) is 12.2 Å². The van der Waals surface area contributed by atoms with Gasteiger partial charge in [-0.05, 0) is 18.8 Å². The molecule has 0 aromatic carbocycles. The monoisotopic (exact) mass is 249 g/mol. The summed E-state index contributed by atoms with van der Waals surface area (Å²) < 4.78 is 25.3. The normalized spacial score (nSPS) is 18.5. The van der Waals surface area contributed by atoms with Crippen LogP contribution in [0.1, 0.15) is 38.5 Å². The molecule has 0 unspecified atom stereocenters. The second kappa shape index (κ2) is 6.20. The summed E-state index contributed by atoms with van der Waals surface area (Å²) in [6.45, 7) is 0.460. The molecule has 1 aliphatic rings. The third kappa shape index (κ3) is 5.46. The van der Waals surface area contributed by atoms with Gasteiger partial charge < -0.3 is 5.11 Å². The minimum absolute atomic E-state index is 0.324. The number of hydrogen-bond donors (Lipinski definition) is 2. The van der Waals surface area contributed by atoms with Gasteiger partial charge in [-0.1, -0.05) is 19.3 Å². The molecule has 2 N–H and O–H groups in total. The van der Waals surface area contributed by atoms with E-state index in [1.807, 2.05) is 0 Å². The van der Waals surface area contributed by atoms with Gasteiger partial charge >= 0.3 is 5.97 Å². The van der Waals surface area contributed by atoms with E-state index in [4.69, 9.17) is 5.11 Å². The second-order valence-corrected chi connectivity index (χ2v) is 6.24. The summed E-state index contributed by atoms with van der Waals surface area (Å²) in [6, 6.07) is 0. The van der Waals surface area contributed by atoms with Crippen molar-refractivity contribution in [2.45, 2.75) is 38.5 Å². The van der Waals surface area contributed by atoms with Crippen LogP contribution in [0.15, 0.2) is 0 Å². The highest BCUT2D eigenvalue weighted by atomic mass is 32.2. The Morgan fingerprint density at radius 2 is 1.88 bits per heavy atom. The summed E-state index contributed by atoms with van der Waals surface area (Å²) in [6.07, 6.45) is 5.38. The van der Waals surface area contributed by atoms with Crippen LogP contribution in [-0.2, 0) is 14.8 Å². The summed E-state index contributed by atoms with van der Waals surface area (Å²) >= 11 is 0. The maximum absolute atomic E-state index is 11.4. The highest BCUT2D eigenvalue weighted by Crippen LogP contribution is 2.22. The van der Waals surface area contributed by atoms with Crippen molar-refractivity contribution in [3.8, 4) is 0 Å². The first-order chi connectivity index (χ1) is 7.49. The number of sulfonamides is 1. The molecule has 0 aromatic heterocycles. The first-order valence-electron chi connectivity index (χ1n) is 5.69. The lowest BCUT2D eigenvalue weighted by Gasteiger charge is -2.21. The minimum Gasteiger partial charge on any atom is -0.481 e. The lowest BCUT2D eigenvalue weighted by Crippen LogP contribution is -2.32. The molecular weight excluding hydrogens is 230 g/mol. The summed E-state index contributed by atoms with van der Waals surface area (Å²) in [4.78, 5) is 10.3. The Hall–Kier alpha value is -0.620. The van der Waals surface area contributed by atoms with Crippen molar-refractivity contribution in [3.63, 3.8) is 0 Å². The molecule has 0 bridgehead atoms. The van der Waals surface area contributed by atoms with Crippen molar-refractivity contribution in [2.24, 2.45) is 5.92 Å². The molecule has 0 radical (unpaired) electrons. The summed E-state index contributed by atoms with van der Waals surface area (Å²) in [5, 5.41) is 8.40. The zero-order valence-electron chi connectivity index (χ0n) is 9.31. The molecule has 6 heteroatoms. The number of rotatable bonds is 6. The summed E-state index contributed by atoms with van der Waals surface area (Å²) in [7, 11) is -3.41. The molecule has 5 nitrogen and oxygen atoms in total. The predicted molar refractivity (Wildman–Crippen MR) is 60.6 cm³/mol. The van der Waals surface area contributed by atoms with Gasteiger partial charge in [-0.2, -0.15) is 0 Å². The average Bonchev–Trinajstić information content (AvgIpc) is 2.26. The van der Waals surface area contributed by atoms with Gasteiger partial charge in [0.2, 0.25) is 10.0 Å². The minimum atomic E-state index is -3.41. The van der Waals surface area contributed by atoms with E-state index >= 15 is 0 Å². The third-order valence-corrected chi connectivity index (χ3v) is 4.25. The lowest BCUT2D eigenvalue weighted by atomic mass is 9.90. The Morgan fingerprint density at radius 1 is 1.25 bits per heavy atom. The Kier molecular flexibility index (Phi) is 5.21. The summed E-state index contributed by atoms with van der Waals surface area (Å²) in [5.41, 5.74) is 0. The first-order valence-corrected chi connectivity index (χ1v) is 7.34. The number of carboxylic acid groups (broad SMARTS) is 1. The van der Waals surface area contributed by atoms with Gasteiger partial charge in [0.1, 0.15) is 0 Å². The van der Waals surface area contributed by atoms with Crippen LogP contribution in [0.25, 0.3) is 0 Å². The SMILES string of the molecule is O=C(O)CCS(=O)(=O)NCC1CCCCC1. The van der Waals surface area contributed by atoms with Gasteiger partial charge in [0, 0.05) is 6.54 Å². The topological polar surface area (TPSA) is 83.5 Å². The van der Waals surface area contributed by atoms with Crippen LogP contribution in [-0.4, -0.2) is 31.8 Å². The van der Waals surface area contributed by atoms with Crippen molar-refractivity contribution < 1.29 is 18.3 Å². The molecule has 0 saturated heterocycles. The van der Waals surface area contributed by atoms with E-state index in [2.05, 4.69) is 4.72 Å². The van der Waals surface area contributed by atoms with E-state index in [9.17, 15) is 13.2 Å². The number of aliphatic carboxylic acids is 1. The van der Waals surface area contributed by atoms with Gasteiger partial charge in [0.15, 0.2) is 0 Å². The molecule has 1 aliphatic carbocycles. The van der Waals surface area contributed by atoms with Gasteiger partial charge in [0.25, 0.3) is 0 Å². The molecule has 1 fully saturated rings. The lowest BCUT2D eigenvalue weighted by molar-refractivity contribution is -0.136. The number of nitrogens with one attached hydrogen (secondary N) is 1. The van der Waals surface area contributed by atoms with E-state index in [0.717, 1.165) is 12.8 Å². The molecule has 1 saturated carbocycles. The number of carboxylic acids is 1. The van der Waals surface area contributed by atoms with Crippen molar-refractivity contribution in [1.29, 1.82) is 0 Å². The van der Waals surface area contributed by atoms with Crippen LogP contribution < -0.4 is 4.72 Å². The fourth-order valence-corrected chi connectivity index (χ4v) is 3.01. The van der Waals surface area contributed by atoms with E-state index in [1.165, 1.54) is 19.3 Å². The van der Waals surface area contributed by atoms with Gasteiger partial charge in [-0.3, -0.25) is 4.79 Å². The zero-order valence-corrected chi connectivity index (χ0v) is 10.1. The zero-order chi connectivity index (χ0) is 12.0. The molecule has 0 heterocycles. The van der Waals surface area contributed by atoms with Crippen molar-refractivity contribution in [3.05, 3.63) is 0 Å². The van der Waals surface area contributed by atoms with Gasteiger partial charge in [0.05, 0.1) is 12.2 Å². The highest BCUT2D eigenvalue weighted by molar-refractivity contribution is 7.89. The average molecular weight is 249 g/mol. The van der Waals surface area contributed by atoms with E-state index < -0.39 is 16.0 Å². The fraction of sp³-hybridized carbons (Fsp3) is 0.900. The van der Waals surface area contributed by atoms with Crippen molar-refractivity contribution >= 4 is 16.0 Å². The summed E-state index contributed by atoms with van der Waals surface area (Å²) in [5.74, 6) is -0.980. The molecule has 16 heavy (non-hydrogen) atoms. The fourth-order valence-electron chi connectivity index (χ4n) is 1.93. The molecular formula is C10H19NO4S. The van der Waals surface area contributed by atoms with Crippen LogP contribution >= 0.6 is 0 Å². The van der Waals surface area contributed by atoms with Crippen molar-refractivity contribution in [2.75, 3.05) is 12.3 Å². The van der Waals surface area contributed by atoms with Gasteiger partial charge in [-0.25, -0.2) is 13.1 Å². The largest absolute Gasteiger partial charge is 0.481 e. The number of hydrogen-bond acceptors (Lipinski definition) is 3. The maximum atomic E-state index is 11.4. The third-order valence-electron chi connectivity index (χ3n) is 2.90. The Morgan fingerprint density at radius 3 is 2.44 bits per heavy atom. The van der Waals surface area contributed by atoms with E-state index in [0.29, 0.717) is 12.5 Å². The highest BCUT2D eigenvalue weighted by Gasteiger charge is 2.17. The maximum Gasteiger partial charge on any atom is 0.304 e. The Labute approximate surface area is 96.3 Å². The molecule has 94 valence electrons. The van der Waals surface area contributed by atoms with Crippen molar-refractivity contribution in [1.82, 2.24) is 4.72 Å². The molecule has 0 aromatic rings. The molecule has 0 atom stereocenters.